The molecular weight excluding hydrogens is 248 g/mol. The second kappa shape index (κ2) is 6.23. The monoisotopic (exact) mass is 266 g/mol. The Bertz CT molecular complexity index is 626. The highest BCUT2D eigenvalue weighted by molar-refractivity contribution is 5.40. The van der Waals surface area contributed by atoms with Crippen molar-refractivity contribution < 1.29 is 5.11 Å². The number of benzene rings is 2. The molecule has 0 aliphatic rings. The number of nitriles is 1. The van der Waals surface area contributed by atoms with E-state index in [2.05, 4.69) is 11.4 Å². The molecular formula is C17H18N2O. The number of aryl methyl sites for hydroxylation is 2. The Kier molecular flexibility index (Phi) is 4.39. The van der Waals surface area contributed by atoms with Gasteiger partial charge in [0, 0.05) is 12.1 Å². The van der Waals surface area contributed by atoms with Gasteiger partial charge in [0.2, 0.25) is 0 Å². The first-order valence-electron chi connectivity index (χ1n) is 6.58. The Balaban J connectivity index is 2.11. The van der Waals surface area contributed by atoms with E-state index in [-0.39, 0.29) is 5.75 Å². The normalized spacial score (nSPS) is 11.8. The summed E-state index contributed by atoms with van der Waals surface area (Å²) in [5.41, 5.74) is 3.97. The molecule has 0 radical (unpaired) electrons. The summed E-state index contributed by atoms with van der Waals surface area (Å²) in [4.78, 5) is 0. The molecule has 0 fully saturated rings. The third-order valence-electron chi connectivity index (χ3n) is 3.25. The predicted octanol–water partition coefficient (Wildman–Crippen LogP) is 3.36. The van der Waals surface area contributed by atoms with E-state index >= 15 is 0 Å². The summed E-state index contributed by atoms with van der Waals surface area (Å²) in [5.74, 6) is 0.151. The maximum atomic E-state index is 9.88. The van der Waals surface area contributed by atoms with Gasteiger partial charge >= 0.3 is 0 Å². The Morgan fingerprint density at radius 3 is 2.40 bits per heavy atom. The molecule has 2 aromatic carbocycles. The van der Waals surface area contributed by atoms with Crippen molar-refractivity contribution in [2.45, 2.75) is 26.4 Å². The van der Waals surface area contributed by atoms with Crippen LogP contribution in [-0.4, -0.2) is 5.11 Å². The first-order valence-corrected chi connectivity index (χ1v) is 6.58. The number of hydrogen-bond acceptors (Lipinski definition) is 3. The third-order valence-corrected chi connectivity index (χ3v) is 3.25. The van der Waals surface area contributed by atoms with Crippen molar-refractivity contribution in [3.8, 4) is 11.8 Å². The number of phenols is 1. The molecule has 102 valence electrons. The van der Waals surface area contributed by atoms with Crippen LogP contribution in [0.15, 0.2) is 42.5 Å². The topological polar surface area (TPSA) is 56.0 Å². The summed E-state index contributed by atoms with van der Waals surface area (Å²) in [6, 6.07) is 15.1. The van der Waals surface area contributed by atoms with Crippen molar-refractivity contribution in [3.05, 3.63) is 64.7 Å². The minimum Gasteiger partial charge on any atom is -0.508 e. The van der Waals surface area contributed by atoms with Gasteiger partial charge in [-0.05, 0) is 31.5 Å². The minimum atomic E-state index is -0.517. The van der Waals surface area contributed by atoms with E-state index in [4.69, 9.17) is 0 Å². The number of phenolic OH excluding ortho intramolecular Hbond substituents is 1. The molecule has 0 heterocycles. The van der Waals surface area contributed by atoms with Crippen LogP contribution in [0.5, 0.6) is 5.75 Å². The van der Waals surface area contributed by atoms with E-state index in [1.165, 1.54) is 5.56 Å². The van der Waals surface area contributed by atoms with Crippen LogP contribution in [0.4, 0.5) is 0 Å². The summed E-state index contributed by atoms with van der Waals surface area (Å²) < 4.78 is 0. The molecule has 2 rings (SSSR count). The molecule has 20 heavy (non-hydrogen) atoms. The first-order chi connectivity index (χ1) is 9.60. The van der Waals surface area contributed by atoms with Crippen molar-refractivity contribution >= 4 is 0 Å². The molecule has 2 aromatic rings. The van der Waals surface area contributed by atoms with Gasteiger partial charge in [0.05, 0.1) is 6.07 Å². The predicted molar refractivity (Wildman–Crippen MR) is 79.2 cm³/mol. The first kappa shape index (κ1) is 14.1. The van der Waals surface area contributed by atoms with Gasteiger partial charge in [-0.3, -0.25) is 5.32 Å². The van der Waals surface area contributed by atoms with Gasteiger partial charge in [-0.15, -0.1) is 0 Å². The second-order valence-corrected chi connectivity index (χ2v) is 4.99. The zero-order chi connectivity index (χ0) is 14.5. The van der Waals surface area contributed by atoms with Crippen LogP contribution in [0.25, 0.3) is 0 Å². The molecule has 1 atom stereocenters. The van der Waals surface area contributed by atoms with Crippen LogP contribution in [0.3, 0.4) is 0 Å². The molecule has 0 saturated carbocycles. The van der Waals surface area contributed by atoms with Gasteiger partial charge in [-0.2, -0.15) is 5.26 Å². The lowest BCUT2D eigenvalue weighted by atomic mass is 10.0. The average Bonchev–Trinajstić information content (AvgIpc) is 2.45. The Hall–Kier alpha value is -2.31. The zero-order valence-electron chi connectivity index (χ0n) is 11.7. The smallest absolute Gasteiger partial charge is 0.125 e. The lowest BCUT2D eigenvalue weighted by Crippen LogP contribution is -2.19. The highest BCUT2D eigenvalue weighted by atomic mass is 16.3. The van der Waals surface area contributed by atoms with Crippen LogP contribution >= 0.6 is 0 Å². The lowest BCUT2D eigenvalue weighted by Gasteiger charge is -2.14. The summed E-state index contributed by atoms with van der Waals surface area (Å²) in [7, 11) is 0. The van der Waals surface area contributed by atoms with Crippen molar-refractivity contribution in [2.24, 2.45) is 0 Å². The van der Waals surface area contributed by atoms with Crippen molar-refractivity contribution in [1.29, 1.82) is 5.26 Å². The van der Waals surface area contributed by atoms with Gasteiger partial charge in [-0.25, -0.2) is 0 Å². The average molecular weight is 266 g/mol. The summed E-state index contributed by atoms with van der Waals surface area (Å²) in [6.45, 7) is 4.57. The second-order valence-electron chi connectivity index (χ2n) is 4.99. The summed E-state index contributed by atoms with van der Waals surface area (Å²) in [5, 5.41) is 22.3. The molecule has 0 amide bonds. The lowest BCUT2D eigenvalue weighted by molar-refractivity contribution is 0.459. The standard InChI is InChI=1S/C17H18N2O/c1-12-3-6-14(7-4-12)11-19-16(10-18)15-9-13(2)5-8-17(15)20/h3-9,16,19-20H,11H2,1-2H3. The molecule has 0 saturated heterocycles. The number of hydrogen-bond donors (Lipinski definition) is 2. The number of aromatic hydroxyl groups is 1. The Morgan fingerprint density at radius 2 is 1.75 bits per heavy atom. The maximum Gasteiger partial charge on any atom is 0.125 e. The van der Waals surface area contributed by atoms with Gasteiger partial charge in [-0.1, -0.05) is 41.5 Å². The SMILES string of the molecule is Cc1ccc(CNC(C#N)c2cc(C)ccc2O)cc1. The molecule has 0 spiro atoms. The fourth-order valence-electron chi connectivity index (χ4n) is 2.06. The minimum absolute atomic E-state index is 0.151. The highest BCUT2D eigenvalue weighted by Crippen LogP contribution is 2.25. The molecule has 0 aromatic heterocycles. The van der Waals surface area contributed by atoms with Crippen LogP contribution in [0.2, 0.25) is 0 Å². The number of nitrogens with zero attached hydrogens (tertiary/aromatic N) is 1. The van der Waals surface area contributed by atoms with Crippen molar-refractivity contribution in [2.75, 3.05) is 0 Å². The van der Waals surface area contributed by atoms with E-state index < -0.39 is 6.04 Å². The fraction of sp³-hybridized carbons (Fsp3) is 0.235. The molecule has 2 N–H and O–H groups in total. The molecule has 3 nitrogen and oxygen atoms in total. The molecule has 1 unspecified atom stereocenters. The summed E-state index contributed by atoms with van der Waals surface area (Å²) in [6.07, 6.45) is 0. The van der Waals surface area contributed by atoms with Gasteiger partial charge in [0.25, 0.3) is 0 Å². The fourth-order valence-corrected chi connectivity index (χ4v) is 2.06. The van der Waals surface area contributed by atoms with Crippen LogP contribution in [-0.2, 0) is 6.54 Å². The molecule has 0 aliphatic carbocycles. The van der Waals surface area contributed by atoms with E-state index in [0.29, 0.717) is 12.1 Å². The zero-order valence-corrected chi connectivity index (χ0v) is 11.7. The van der Waals surface area contributed by atoms with Gasteiger partial charge < -0.3 is 5.11 Å². The van der Waals surface area contributed by atoms with Crippen molar-refractivity contribution in [1.82, 2.24) is 5.32 Å². The van der Waals surface area contributed by atoms with Crippen LogP contribution in [0, 0.1) is 25.2 Å². The van der Waals surface area contributed by atoms with Crippen molar-refractivity contribution in [3.63, 3.8) is 0 Å². The Morgan fingerprint density at radius 1 is 1.10 bits per heavy atom. The van der Waals surface area contributed by atoms with E-state index in [1.54, 1.807) is 6.07 Å². The molecule has 0 bridgehead atoms. The quantitative estimate of drug-likeness (QED) is 0.892. The Labute approximate surface area is 119 Å². The molecule has 3 heteroatoms. The van der Waals surface area contributed by atoms with Crippen LogP contribution in [0.1, 0.15) is 28.3 Å². The third kappa shape index (κ3) is 3.37. The number of nitrogens with one attached hydrogen (secondary N) is 1. The largest absolute Gasteiger partial charge is 0.508 e. The maximum absolute atomic E-state index is 9.88. The molecule has 0 aliphatic heterocycles. The van der Waals surface area contributed by atoms with E-state index in [1.807, 2.05) is 50.2 Å². The van der Waals surface area contributed by atoms with Gasteiger partial charge in [0.15, 0.2) is 0 Å². The summed E-state index contributed by atoms with van der Waals surface area (Å²) >= 11 is 0. The number of rotatable bonds is 4. The van der Waals surface area contributed by atoms with Crippen LogP contribution < -0.4 is 5.32 Å². The highest BCUT2D eigenvalue weighted by Gasteiger charge is 2.14. The van der Waals surface area contributed by atoms with E-state index in [9.17, 15) is 10.4 Å². The van der Waals surface area contributed by atoms with E-state index in [0.717, 1.165) is 11.1 Å². The van der Waals surface area contributed by atoms with Gasteiger partial charge in [0.1, 0.15) is 11.8 Å².